The van der Waals surface area contributed by atoms with Crippen molar-refractivity contribution in [1.29, 1.82) is 0 Å². The normalized spacial score (nSPS) is 9.86. The first-order valence-corrected chi connectivity index (χ1v) is 3.99. The van der Waals surface area contributed by atoms with Gasteiger partial charge in [-0.15, -0.1) is 12.4 Å². The number of rotatable bonds is 0. The van der Waals surface area contributed by atoms with Crippen LogP contribution in [0.4, 0.5) is 10.2 Å². The topological polar surface area (TPSA) is 38.9 Å². The van der Waals surface area contributed by atoms with E-state index >= 15 is 0 Å². The minimum Gasteiger partial charge on any atom is -0.383 e. The molecule has 4 heteroatoms. The van der Waals surface area contributed by atoms with Crippen LogP contribution in [0.5, 0.6) is 0 Å². The summed E-state index contributed by atoms with van der Waals surface area (Å²) in [4.78, 5) is 4.07. The fourth-order valence-electron chi connectivity index (χ4n) is 1.26. The van der Waals surface area contributed by atoms with Gasteiger partial charge in [0.05, 0.1) is 5.52 Å². The van der Waals surface area contributed by atoms with Crippen molar-refractivity contribution in [3.8, 4) is 0 Å². The SMILES string of the molecule is Cc1cc2ccc(F)cc2nc1N.Cl. The minimum atomic E-state index is -0.289. The zero-order chi connectivity index (χ0) is 9.42. The molecule has 2 N–H and O–H groups in total. The van der Waals surface area contributed by atoms with Crippen molar-refractivity contribution in [2.75, 3.05) is 5.73 Å². The number of halogens is 2. The molecular weight excluding hydrogens is 203 g/mol. The lowest BCUT2D eigenvalue weighted by Gasteiger charge is -2.02. The van der Waals surface area contributed by atoms with Gasteiger partial charge in [-0.25, -0.2) is 9.37 Å². The van der Waals surface area contributed by atoms with Gasteiger partial charge < -0.3 is 5.73 Å². The van der Waals surface area contributed by atoms with Crippen LogP contribution < -0.4 is 5.73 Å². The number of anilines is 1. The Labute approximate surface area is 87.4 Å². The summed E-state index contributed by atoms with van der Waals surface area (Å²) in [6.07, 6.45) is 0. The number of nitrogens with two attached hydrogens (primary N) is 1. The van der Waals surface area contributed by atoms with E-state index in [0.29, 0.717) is 11.3 Å². The highest BCUT2D eigenvalue weighted by atomic mass is 35.5. The molecule has 0 aliphatic rings. The molecule has 2 nitrogen and oxygen atoms in total. The fraction of sp³-hybridized carbons (Fsp3) is 0.100. The van der Waals surface area contributed by atoms with E-state index in [2.05, 4.69) is 4.98 Å². The van der Waals surface area contributed by atoms with E-state index in [0.717, 1.165) is 10.9 Å². The molecule has 0 atom stereocenters. The van der Waals surface area contributed by atoms with E-state index in [-0.39, 0.29) is 18.2 Å². The van der Waals surface area contributed by atoms with Crippen LogP contribution in [0, 0.1) is 12.7 Å². The zero-order valence-electron chi connectivity index (χ0n) is 7.62. The molecule has 1 aromatic carbocycles. The minimum absolute atomic E-state index is 0. The van der Waals surface area contributed by atoms with E-state index in [4.69, 9.17) is 5.73 Å². The maximum atomic E-state index is 12.8. The second kappa shape index (κ2) is 3.80. The summed E-state index contributed by atoms with van der Waals surface area (Å²) in [5.74, 6) is 0.168. The molecule has 0 radical (unpaired) electrons. The van der Waals surface area contributed by atoms with Gasteiger partial charge in [0, 0.05) is 11.5 Å². The molecule has 0 fully saturated rings. The van der Waals surface area contributed by atoms with Gasteiger partial charge in [0.1, 0.15) is 11.6 Å². The molecule has 0 saturated carbocycles. The predicted molar refractivity (Wildman–Crippen MR) is 58.1 cm³/mol. The highest BCUT2D eigenvalue weighted by molar-refractivity contribution is 5.85. The summed E-state index contributed by atoms with van der Waals surface area (Å²) in [6.45, 7) is 1.88. The van der Waals surface area contributed by atoms with Crippen LogP contribution in [0.25, 0.3) is 10.9 Å². The Balaban J connectivity index is 0.000000980. The lowest BCUT2D eigenvalue weighted by molar-refractivity contribution is 0.629. The Kier molecular flexibility index (Phi) is 2.91. The Morgan fingerprint density at radius 1 is 1.29 bits per heavy atom. The lowest BCUT2D eigenvalue weighted by Crippen LogP contribution is -1.94. The fourth-order valence-corrected chi connectivity index (χ4v) is 1.26. The molecule has 14 heavy (non-hydrogen) atoms. The summed E-state index contributed by atoms with van der Waals surface area (Å²) < 4.78 is 12.8. The van der Waals surface area contributed by atoms with Crippen LogP contribution in [0.15, 0.2) is 24.3 Å². The van der Waals surface area contributed by atoms with E-state index < -0.39 is 0 Å². The van der Waals surface area contributed by atoms with Gasteiger partial charge in [-0.3, -0.25) is 0 Å². The molecule has 1 heterocycles. The van der Waals surface area contributed by atoms with Crippen LogP contribution >= 0.6 is 12.4 Å². The zero-order valence-corrected chi connectivity index (χ0v) is 8.44. The standard InChI is InChI=1S/C10H9FN2.ClH/c1-6-4-7-2-3-8(11)5-9(7)13-10(6)12;/h2-5H,1H3,(H2,12,13);1H. The molecule has 0 unspecified atom stereocenters. The average molecular weight is 213 g/mol. The smallest absolute Gasteiger partial charge is 0.127 e. The molecule has 0 bridgehead atoms. The highest BCUT2D eigenvalue weighted by Crippen LogP contribution is 2.18. The maximum absolute atomic E-state index is 12.8. The summed E-state index contributed by atoms with van der Waals surface area (Å²) in [5.41, 5.74) is 7.12. The number of fused-ring (bicyclic) bond motifs is 1. The van der Waals surface area contributed by atoms with Crippen LogP contribution in [-0.4, -0.2) is 4.98 Å². The van der Waals surface area contributed by atoms with E-state index in [1.807, 2.05) is 13.0 Å². The van der Waals surface area contributed by atoms with Gasteiger partial charge >= 0.3 is 0 Å². The van der Waals surface area contributed by atoms with Gasteiger partial charge in [-0.2, -0.15) is 0 Å². The molecule has 2 aromatic rings. The Morgan fingerprint density at radius 3 is 2.71 bits per heavy atom. The quantitative estimate of drug-likeness (QED) is 0.729. The molecule has 0 aliphatic heterocycles. The molecule has 74 valence electrons. The van der Waals surface area contributed by atoms with Gasteiger partial charge in [-0.05, 0) is 30.7 Å². The molecule has 0 amide bonds. The first-order chi connectivity index (χ1) is 6.16. The second-order valence-corrected chi connectivity index (χ2v) is 3.03. The Hall–Kier alpha value is -1.35. The number of pyridine rings is 1. The number of aromatic nitrogens is 1. The van der Waals surface area contributed by atoms with Crippen molar-refractivity contribution in [2.45, 2.75) is 6.92 Å². The van der Waals surface area contributed by atoms with Crippen molar-refractivity contribution in [2.24, 2.45) is 0 Å². The Bertz CT molecular complexity index is 471. The van der Waals surface area contributed by atoms with Gasteiger partial charge in [0.25, 0.3) is 0 Å². The van der Waals surface area contributed by atoms with Crippen molar-refractivity contribution < 1.29 is 4.39 Å². The second-order valence-electron chi connectivity index (χ2n) is 3.03. The number of nitrogens with zero attached hydrogens (tertiary/aromatic N) is 1. The number of benzene rings is 1. The van der Waals surface area contributed by atoms with Crippen LogP contribution in [0.1, 0.15) is 5.56 Å². The summed E-state index contributed by atoms with van der Waals surface area (Å²) in [5, 5.41) is 0.910. The van der Waals surface area contributed by atoms with Crippen molar-refractivity contribution >= 4 is 29.1 Å². The van der Waals surface area contributed by atoms with Crippen LogP contribution in [0.2, 0.25) is 0 Å². The molecule has 1 aromatic heterocycles. The lowest BCUT2D eigenvalue weighted by atomic mass is 10.1. The molecule has 0 spiro atoms. The first-order valence-electron chi connectivity index (χ1n) is 3.99. The third-order valence-electron chi connectivity index (χ3n) is 2.01. The molecule has 0 saturated heterocycles. The van der Waals surface area contributed by atoms with E-state index in [1.165, 1.54) is 12.1 Å². The summed E-state index contributed by atoms with van der Waals surface area (Å²) >= 11 is 0. The number of aryl methyl sites for hydroxylation is 1. The summed E-state index contributed by atoms with van der Waals surface area (Å²) in [6, 6.07) is 6.39. The number of hydrogen-bond donors (Lipinski definition) is 1. The third-order valence-corrected chi connectivity index (χ3v) is 2.01. The first kappa shape index (κ1) is 10.7. The predicted octanol–water partition coefficient (Wildman–Crippen LogP) is 2.69. The largest absolute Gasteiger partial charge is 0.383 e. The van der Waals surface area contributed by atoms with Crippen molar-refractivity contribution in [3.63, 3.8) is 0 Å². The highest BCUT2D eigenvalue weighted by Gasteiger charge is 2.00. The third kappa shape index (κ3) is 1.77. The molecule has 0 aliphatic carbocycles. The molecule has 2 rings (SSSR count). The van der Waals surface area contributed by atoms with Crippen LogP contribution in [-0.2, 0) is 0 Å². The van der Waals surface area contributed by atoms with Gasteiger partial charge in [0.2, 0.25) is 0 Å². The average Bonchev–Trinajstić information content (AvgIpc) is 2.08. The van der Waals surface area contributed by atoms with Crippen molar-refractivity contribution in [3.05, 3.63) is 35.6 Å². The number of nitrogen functional groups attached to an aromatic ring is 1. The van der Waals surface area contributed by atoms with Gasteiger partial charge in [0.15, 0.2) is 0 Å². The van der Waals surface area contributed by atoms with Crippen LogP contribution in [0.3, 0.4) is 0 Å². The van der Waals surface area contributed by atoms with E-state index in [1.54, 1.807) is 6.07 Å². The number of hydrogen-bond acceptors (Lipinski definition) is 2. The van der Waals surface area contributed by atoms with Gasteiger partial charge in [-0.1, -0.05) is 0 Å². The maximum Gasteiger partial charge on any atom is 0.127 e. The van der Waals surface area contributed by atoms with E-state index in [9.17, 15) is 4.39 Å². The molecular formula is C10H10ClFN2. The van der Waals surface area contributed by atoms with Crippen molar-refractivity contribution in [1.82, 2.24) is 4.98 Å². The Morgan fingerprint density at radius 2 is 2.00 bits per heavy atom. The summed E-state index contributed by atoms with van der Waals surface area (Å²) in [7, 11) is 0. The monoisotopic (exact) mass is 212 g/mol.